The SMILES string of the molecule is CCO[Si](CC(COCC1CO1)OC)(OCC)OCC. The molecule has 0 bridgehead atoms. The van der Waals surface area contributed by atoms with E-state index in [-0.39, 0.29) is 12.2 Å². The maximum Gasteiger partial charge on any atom is 0.503 e. The van der Waals surface area contributed by atoms with Crippen LogP contribution in [0.5, 0.6) is 0 Å². The molecule has 0 radical (unpaired) electrons. The van der Waals surface area contributed by atoms with Crippen molar-refractivity contribution in [3.05, 3.63) is 0 Å². The van der Waals surface area contributed by atoms with Crippen molar-refractivity contribution in [1.82, 2.24) is 0 Å². The fourth-order valence-electron chi connectivity index (χ4n) is 1.95. The summed E-state index contributed by atoms with van der Waals surface area (Å²) in [4.78, 5) is 0. The molecule has 2 atom stereocenters. The van der Waals surface area contributed by atoms with Gasteiger partial charge in [-0.1, -0.05) is 0 Å². The van der Waals surface area contributed by atoms with Gasteiger partial charge in [0.15, 0.2) is 0 Å². The molecule has 1 heterocycles. The van der Waals surface area contributed by atoms with E-state index in [4.69, 9.17) is 27.5 Å². The van der Waals surface area contributed by atoms with Crippen LogP contribution in [-0.4, -0.2) is 67.8 Å². The van der Waals surface area contributed by atoms with Gasteiger partial charge in [-0.3, -0.25) is 0 Å². The van der Waals surface area contributed by atoms with E-state index in [0.717, 1.165) is 6.61 Å². The van der Waals surface area contributed by atoms with Crippen molar-refractivity contribution in [1.29, 1.82) is 0 Å². The third-order valence-corrected chi connectivity index (χ3v) is 6.05. The molecule has 1 rings (SSSR count). The maximum absolute atomic E-state index is 5.82. The van der Waals surface area contributed by atoms with E-state index < -0.39 is 8.80 Å². The van der Waals surface area contributed by atoms with Gasteiger partial charge in [-0.15, -0.1) is 0 Å². The van der Waals surface area contributed by atoms with Crippen LogP contribution in [0.2, 0.25) is 6.04 Å². The van der Waals surface area contributed by atoms with Gasteiger partial charge in [-0.2, -0.15) is 0 Å². The number of hydrogen-bond donors (Lipinski definition) is 0. The summed E-state index contributed by atoms with van der Waals surface area (Å²) in [6.07, 6.45) is 0.172. The number of methoxy groups -OCH3 is 1. The van der Waals surface area contributed by atoms with Crippen molar-refractivity contribution in [3.63, 3.8) is 0 Å². The minimum Gasteiger partial charge on any atom is -0.379 e. The summed E-state index contributed by atoms with van der Waals surface area (Å²) >= 11 is 0. The van der Waals surface area contributed by atoms with Gasteiger partial charge in [0.1, 0.15) is 6.10 Å². The van der Waals surface area contributed by atoms with E-state index in [0.29, 0.717) is 39.1 Å². The minimum absolute atomic E-state index is 0.0925. The van der Waals surface area contributed by atoms with Crippen molar-refractivity contribution in [2.24, 2.45) is 0 Å². The summed E-state index contributed by atoms with van der Waals surface area (Å²) < 4.78 is 33.6. The second kappa shape index (κ2) is 9.83. The molecular weight excluding hydrogens is 280 g/mol. The summed E-state index contributed by atoms with van der Waals surface area (Å²) in [5.41, 5.74) is 0. The Hall–Kier alpha value is -0.0231. The predicted molar refractivity (Wildman–Crippen MR) is 76.8 cm³/mol. The van der Waals surface area contributed by atoms with Crippen LogP contribution in [0.25, 0.3) is 0 Å². The Morgan fingerprint density at radius 2 is 1.65 bits per heavy atom. The summed E-state index contributed by atoms with van der Waals surface area (Å²) in [6.45, 7) is 9.46. The fraction of sp³-hybridized carbons (Fsp3) is 1.00. The Balaban J connectivity index is 2.47. The van der Waals surface area contributed by atoms with Crippen LogP contribution in [0, 0.1) is 0 Å². The van der Waals surface area contributed by atoms with E-state index in [1.54, 1.807) is 7.11 Å². The molecule has 0 aromatic heterocycles. The third kappa shape index (κ3) is 6.62. The normalized spacial score (nSPS) is 20.1. The van der Waals surface area contributed by atoms with Gasteiger partial charge >= 0.3 is 8.80 Å². The average molecular weight is 308 g/mol. The lowest BCUT2D eigenvalue weighted by molar-refractivity contribution is -0.00474. The summed E-state index contributed by atoms with van der Waals surface area (Å²) in [7, 11) is -1.01. The van der Waals surface area contributed by atoms with Gasteiger partial charge in [-0.05, 0) is 20.8 Å². The highest BCUT2D eigenvalue weighted by atomic mass is 28.4. The number of hydrogen-bond acceptors (Lipinski definition) is 6. The van der Waals surface area contributed by atoms with Gasteiger partial charge in [0.25, 0.3) is 0 Å². The Morgan fingerprint density at radius 3 is 2.05 bits per heavy atom. The first-order valence-corrected chi connectivity index (χ1v) is 9.26. The molecule has 7 heteroatoms. The summed E-state index contributed by atoms with van der Waals surface area (Å²) in [5, 5.41) is 0. The monoisotopic (exact) mass is 308 g/mol. The van der Waals surface area contributed by atoms with Gasteiger partial charge in [0.05, 0.1) is 25.9 Å². The number of epoxide rings is 1. The van der Waals surface area contributed by atoms with Crippen molar-refractivity contribution in [2.75, 3.05) is 46.8 Å². The van der Waals surface area contributed by atoms with Gasteiger partial charge < -0.3 is 27.5 Å². The summed E-state index contributed by atoms with van der Waals surface area (Å²) in [6, 6.07) is 0.602. The van der Waals surface area contributed by atoms with Crippen molar-refractivity contribution in [3.8, 4) is 0 Å². The van der Waals surface area contributed by atoms with Crippen LogP contribution in [0.3, 0.4) is 0 Å². The van der Waals surface area contributed by atoms with Crippen molar-refractivity contribution >= 4 is 8.80 Å². The first kappa shape index (κ1) is 18.0. The van der Waals surface area contributed by atoms with Crippen LogP contribution in [-0.2, 0) is 27.5 Å². The van der Waals surface area contributed by atoms with E-state index in [1.807, 2.05) is 20.8 Å². The standard InChI is InChI=1S/C13H28O6Si/c1-5-17-20(18-6-2,19-7-3)11-13(14-4)9-15-8-12-10-16-12/h12-13H,5-11H2,1-4H3. The van der Waals surface area contributed by atoms with Crippen LogP contribution in [0.15, 0.2) is 0 Å². The second-order valence-electron chi connectivity index (χ2n) is 4.54. The number of rotatable bonds is 13. The lowest BCUT2D eigenvalue weighted by atomic mass is 10.4. The molecule has 0 aromatic carbocycles. The second-order valence-corrected chi connectivity index (χ2v) is 7.18. The lowest BCUT2D eigenvalue weighted by Gasteiger charge is -2.31. The molecule has 1 aliphatic heterocycles. The molecule has 0 aromatic rings. The maximum atomic E-state index is 5.82. The van der Waals surface area contributed by atoms with E-state index in [1.165, 1.54) is 0 Å². The van der Waals surface area contributed by atoms with Crippen molar-refractivity contribution in [2.45, 2.75) is 39.0 Å². The molecule has 0 N–H and O–H groups in total. The van der Waals surface area contributed by atoms with E-state index in [9.17, 15) is 0 Å². The Bertz CT molecular complexity index is 232. The minimum atomic E-state index is -2.68. The number of ether oxygens (including phenoxy) is 3. The molecule has 0 amide bonds. The highest BCUT2D eigenvalue weighted by Crippen LogP contribution is 2.20. The van der Waals surface area contributed by atoms with Crippen LogP contribution >= 0.6 is 0 Å². The smallest absolute Gasteiger partial charge is 0.379 e. The molecule has 0 spiro atoms. The first-order chi connectivity index (χ1) is 9.69. The quantitative estimate of drug-likeness (QED) is 0.379. The summed E-state index contributed by atoms with van der Waals surface area (Å²) in [5.74, 6) is 0. The van der Waals surface area contributed by atoms with Gasteiger partial charge in [-0.25, -0.2) is 0 Å². The highest BCUT2D eigenvalue weighted by molar-refractivity contribution is 6.60. The molecule has 1 saturated heterocycles. The van der Waals surface area contributed by atoms with E-state index in [2.05, 4.69) is 0 Å². The molecule has 1 fully saturated rings. The highest BCUT2D eigenvalue weighted by Gasteiger charge is 2.43. The molecule has 6 nitrogen and oxygen atoms in total. The molecule has 0 saturated carbocycles. The predicted octanol–water partition coefficient (Wildman–Crippen LogP) is 1.47. The fourth-order valence-corrected chi connectivity index (χ4v) is 4.71. The van der Waals surface area contributed by atoms with Gasteiger partial charge in [0, 0.05) is 33.0 Å². The lowest BCUT2D eigenvalue weighted by Crippen LogP contribution is -2.49. The first-order valence-electron chi connectivity index (χ1n) is 7.33. The molecule has 0 aliphatic carbocycles. The van der Waals surface area contributed by atoms with Gasteiger partial charge in [0.2, 0.25) is 0 Å². The average Bonchev–Trinajstić information content (AvgIpc) is 3.22. The van der Waals surface area contributed by atoms with Crippen molar-refractivity contribution < 1.29 is 27.5 Å². The molecular formula is C13H28O6Si. The largest absolute Gasteiger partial charge is 0.503 e. The topological polar surface area (TPSA) is 58.7 Å². The van der Waals surface area contributed by atoms with E-state index >= 15 is 0 Å². The Labute approximate surface area is 123 Å². The third-order valence-electron chi connectivity index (χ3n) is 2.91. The zero-order valence-corrected chi connectivity index (χ0v) is 14.1. The molecule has 120 valence electrons. The zero-order valence-electron chi connectivity index (χ0n) is 13.1. The Morgan fingerprint density at radius 1 is 1.10 bits per heavy atom. The molecule has 2 unspecified atom stereocenters. The zero-order chi connectivity index (χ0) is 14.8. The Kier molecular flexibility index (Phi) is 8.86. The van der Waals surface area contributed by atoms with Crippen LogP contribution in [0.4, 0.5) is 0 Å². The molecule has 1 aliphatic rings. The molecule has 20 heavy (non-hydrogen) atoms. The van der Waals surface area contributed by atoms with Crippen LogP contribution in [0.1, 0.15) is 20.8 Å². The van der Waals surface area contributed by atoms with Crippen LogP contribution < -0.4 is 0 Å².